The molecule has 0 radical (unpaired) electrons. The molecule has 1 aromatic carbocycles. The summed E-state index contributed by atoms with van der Waals surface area (Å²) >= 11 is 12.4. The maximum absolute atomic E-state index is 13.5. The van der Waals surface area contributed by atoms with Gasteiger partial charge in [-0.1, -0.05) is 50.0 Å². The van der Waals surface area contributed by atoms with E-state index < -0.39 is 33.8 Å². The van der Waals surface area contributed by atoms with Gasteiger partial charge in [-0.15, -0.1) is 0 Å². The first-order valence-electron chi connectivity index (χ1n) is 14.1. The van der Waals surface area contributed by atoms with Crippen molar-refractivity contribution in [3.8, 4) is 17.6 Å². The fourth-order valence-corrected chi connectivity index (χ4v) is 25.4. The average Bonchev–Trinajstić information content (AvgIpc) is 3.42. The number of carbonyl (C=O) groups is 1. The number of amides is 1. The van der Waals surface area contributed by atoms with Crippen LogP contribution in [0.2, 0.25) is 15.1 Å². The van der Waals surface area contributed by atoms with Crippen LogP contribution in [-0.2, 0) is 14.0 Å². The molecule has 1 N–H and O–H groups in total. The molecular formula is C30H35Cl2N7O4P2Si+2. The van der Waals surface area contributed by atoms with E-state index in [1.54, 1.807) is 30.3 Å². The summed E-state index contributed by atoms with van der Waals surface area (Å²) in [6.07, 6.45) is 11.9. The molecule has 16 heteroatoms. The average molecular weight is 719 g/mol. The predicted octanol–water partition coefficient (Wildman–Crippen LogP) is 6.63. The number of ether oxygens (including phenoxy) is 2. The summed E-state index contributed by atoms with van der Waals surface area (Å²) in [5, 5.41) is 17.9. The number of para-hydroxylation sites is 1. The molecule has 4 aromatic rings. The summed E-state index contributed by atoms with van der Waals surface area (Å²) in [5.74, 6) is -0.141. The number of nitrogens with zero attached hydrogens (tertiary/aromatic N) is 6. The second-order valence-corrected chi connectivity index (χ2v) is 27.4. The van der Waals surface area contributed by atoms with Crippen LogP contribution in [0.25, 0.3) is 16.7 Å². The highest BCUT2D eigenvalue weighted by atomic mass is 35.5. The number of rotatable bonds is 13. The van der Waals surface area contributed by atoms with Gasteiger partial charge in [0.2, 0.25) is 12.0 Å². The number of anilines is 1. The Morgan fingerprint density at radius 2 is 1.85 bits per heavy atom. The Bertz CT molecular complexity index is 1800. The van der Waals surface area contributed by atoms with Crippen LogP contribution in [0.15, 0.2) is 49.1 Å². The van der Waals surface area contributed by atoms with Crippen molar-refractivity contribution >= 4 is 80.4 Å². The van der Waals surface area contributed by atoms with Gasteiger partial charge >= 0.3 is 7.65 Å². The quantitative estimate of drug-likeness (QED) is 0.0917. The number of hydrogen-bond acceptors (Lipinski definition) is 9. The van der Waals surface area contributed by atoms with Crippen LogP contribution in [0.3, 0.4) is 0 Å². The largest absolute Gasteiger partial charge is 0.662 e. The summed E-state index contributed by atoms with van der Waals surface area (Å²) in [7, 11) is -3.49. The van der Waals surface area contributed by atoms with E-state index in [-0.39, 0.29) is 29.9 Å². The number of aromatic nitrogens is 5. The molecule has 0 spiro atoms. The molecule has 4 rings (SSSR count). The number of benzene rings is 1. The first-order valence-corrected chi connectivity index (χ1v) is 22.4. The van der Waals surface area contributed by atoms with E-state index in [2.05, 4.69) is 78.1 Å². The molecule has 240 valence electrons. The van der Waals surface area contributed by atoms with Crippen molar-refractivity contribution in [3.63, 3.8) is 0 Å². The maximum atomic E-state index is 13.5. The Hall–Kier alpha value is -3.26. The predicted molar refractivity (Wildman–Crippen MR) is 191 cm³/mol. The lowest BCUT2D eigenvalue weighted by molar-refractivity contribution is -0.125. The maximum Gasteiger partial charge on any atom is 0.662 e. The molecule has 1 amide bonds. The van der Waals surface area contributed by atoms with Crippen molar-refractivity contribution in [3.05, 3.63) is 64.7 Å². The molecule has 0 saturated heterocycles. The normalized spacial score (nSPS) is 14.2. The van der Waals surface area contributed by atoms with E-state index in [0.29, 0.717) is 38.9 Å². The number of halogens is 2. The molecule has 0 fully saturated rings. The van der Waals surface area contributed by atoms with E-state index in [9.17, 15) is 10.1 Å². The highest BCUT2D eigenvalue weighted by Gasteiger charge is 2.70. The van der Waals surface area contributed by atoms with Gasteiger partial charge in [-0.2, -0.15) is 10.4 Å². The lowest BCUT2D eigenvalue weighted by Crippen LogP contribution is -2.42. The van der Waals surface area contributed by atoms with Crippen molar-refractivity contribution in [1.29, 1.82) is 5.26 Å². The number of nitrogens with one attached hydrogen (secondary N) is 1. The monoisotopic (exact) mass is 717 g/mol. The summed E-state index contributed by atoms with van der Waals surface area (Å²) in [4.78, 5) is 26.3. The fourth-order valence-electron chi connectivity index (χ4n) is 5.16. The Balaban J connectivity index is 1.58. The lowest BCUT2D eigenvalue weighted by atomic mass is 10.2. The van der Waals surface area contributed by atoms with Crippen LogP contribution in [0.4, 0.5) is 5.82 Å². The first-order chi connectivity index (χ1) is 21.8. The molecule has 0 bridgehead atoms. The van der Waals surface area contributed by atoms with E-state index in [4.69, 9.17) is 37.1 Å². The van der Waals surface area contributed by atoms with Gasteiger partial charge in [0.1, 0.15) is 43.5 Å². The molecule has 11 nitrogen and oxygen atoms in total. The number of pyridine rings is 1. The minimum absolute atomic E-state index is 0.0463. The highest BCUT2D eigenvalue weighted by molar-refractivity contribution is 8.21. The number of carbonyl (C=O) groups excluding carboxylic acids is 1. The molecular weight excluding hydrogens is 683 g/mol. The van der Waals surface area contributed by atoms with Crippen molar-refractivity contribution in [2.75, 3.05) is 38.5 Å². The Morgan fingerprint density at radius 1 is 1.11 bits per heavy atom. The zero-order valence-electron chi connectivity index (χ0n) is 26.2. The molecule has 0 aliphatic carbocycles. The number of nitriles is 1. The fraction of sp³-hybridized carbons (Fsp3) is 0.333. The van der Waals surface area contributed by atoms with Gasteiger partial charge in [0, 0.05) is 6.20 Å². The van der Waals surface area contributed by atoms with Crippen LogP contribution >= 0.6 is 37.4 Å². The highest BCUT2D eigenvalue weighted by Crippen LogP contribution is 2.60. The number of hydrogen-bond donors (Lipinski definition) is 1. The molecule has 0 saturated carbocycles. The zero-order valence-corrected chi connectivity index (χ0v) is 30.5. The summed E-state index contributed by atoms with van der Waals surface area (Å²) in [6.45, 7) is 11.4. The van der Waals surface area contributed by atoms with E-state index >= 15 is 0 Å². The first kappa shape index (κ1) is 35.6. The SMILES string of the molecule is C=[P+](C)[Si](OCCOCC(Oc1ncnc2c1cnn2-c1c(Cl)cccc1C#N)C(=O)Nc1ccc(Cl)cn1)([P+](=C)C)C(C)(C)C. The van der Waals surface area contributed by atoms with Crippen LogP contribution in [0.1, 0.15) is 26.3 Å². The van der Waals surface area contributed by atoms with Gasteiger partial charge in [0.05, 0.1) is 72.6 Å². The van der Waals surface area contributed by atoms with Crippen molar-refractivity contribution < 1.29 is 18.7 Å². The van der Waals surface area contributed by atoms with Gasteiger partial charge in [0.15, 0.2) is 5.65 Å². The van der Waals surface area contributed by atoms with Gasteiger partial charge in [-0.25, -0.2) is 19.6 Å². The van der Waals surface area contributed by atoms with Crippen LogP contribution in [0, 0.1) is 11.3 Å². The van der Waals surface area contributed by atoms with Gasteiger partial charge < -0.3 is 19.2 Å². The van der Waals surface area contributed by atoms with Crippen LogP contribution in [0.5, 0.6) is 5.88 Å². The molecule has 0 aliphatic rings. The summed E-state index contributed by atoms with van der Waals surface area (Å²) in [5.41, 5.74) is 1.01. The van der Waals surface area contributed by atoms with Crippen molar-refractivity contribution in [1.82, 2.24) is 24.7 Å². The van der Waals surface area contributed by atoms with Crippen molar-refractivity contribution in [2.24, 2.45) is 0 Å². The minimum Gasteiger partial charge on any atom is -0.461 e. The molecule has 3 unspecified atom stereocenters. The van der Waals surface area contributed by atoms with Gasteiger partial charge in [-0.3, -0.25) is 4.79 Å². The number of fused-ring (bicyclic) bond motifs is 1. The van der Waals surface area contributed by atoms with E-state index in [1.807, 2.05) is 0 Å². The molecule has 46 heavy (non-hydrogen) atoms. The van der Waals surface area contributed by atoms with Crippen LogP contribution < -0.4 is 10.1 Å². The van der Waals surface area contributed by atoms with E-state index in [0.717, 1.165) is 0 Å². The third kappa shape index (κ3) is 7.64. The second kappa shape index (κ2) is 15.1. The second-order valence-electron chi connectivity index (χ2n) is 11.4. The summed E-state index contributed by atoms with van der Waals surface area (Å²) < 4.78 is 20.2. The van der Waals surface area contributed by atoms with E-state index in [1.165, 1.54) is 23.4 Å². The smallest absolute Gasteiger partial charge is 0.461 e. The van der Waals surface area contributed by atoms with Gasteiger partial charge in [-0.05, 0) is 24.3 Å². The molecule has 3 heterocycles. The molecule has 0 aliphatic heterocycles. The topological polar surface area (TPSA) is 137 Å². The van der Waals surface area contributed by atoms with Gasteiger partial charge in [0.25, 0.3) is 5.91 Å². The Labute approximate surface area is 280 Å². The van der Waals surface area contributed by atoms with Crippen molar-refractivity contribution in [2.45, 2.75) is 31.9 Å². The zero-order chi connectivity index (χ0) is 33.6. The molecule has 3 atom stereocenters. The Kier molecular flexibility index (Phi) is 11.7. The summed E-state index contributed by atoms with van der Waals surface area (Å²) in [6, 6.07) is 10.3. The minimum atomic E-state index is -2.29. The molecule has 3 aromatic heterocycles. The standard InChI is InChI=1S/C30H34Cl2N7O4P2Si/c1-30(2,3)46(44(4)5,45(6)7)42-14-13-41-18-24(28(40)38-25-12-11-21(31)16-34-25)43-29-22-17-37-39(27(22)35-19-36-29)26-20(15-33)9-8-10-23(26)32/h8-12,16-17,19,24H,4,6,13-14,18H2,1-3,5,7H3/q+1/p+1. The Morgan fingerprint density at radius 3 is 2.48 bits per heavy atom. The third-order valence-electron chi connectivity index (χ3n) is 6.99. The van der Waals surface area contributed by atoms with Crippen LogP contribution in [-0.4, -0.2) is 90.1 Å². The third-order valence-corrected chi connectivity index (χ3v) is 29.3. The lowest BCUT2D eigenvalue weighted by Gasteiger charge is -2.27.